The summed E-state index contributed by atoms with van der Waals surface area (Å²) in [6.45, 7) is 5.78. The summed E-state index contributed by atoms with van der Waals surface area (Å²) < 4.78 is 8.52. The van der Waals surface area contributed by atoms with Crippen LogP contribution >= 0.6 is 0 Å². The third kappa shape index (κ3) is 5.00. The molecule has 1 aromatic heterocycles. The van der Waals surface area contributed by atoms with Crippen molar-refractivity contribution < 1.29 is 4.74 Å². The van der Waals surface area contributed by atoms with Crippen molar-refractivity contribution in [3.63, 3.8) is 0 Å². The first-order valence-corrected chi connectivity index (χ1v) is 12.5. The highest BCUT2D eigenvalue weighted by Gasteiger charge is 2.23. The molecule has 176 valence electrons. The summed E-state index contributed by atoms with van der Waals surface area (Å²) in [6, 6.07) is 38.2. The SMILES string of the molecule is CCC(C)c1ccc(OCCn2c(C(c3ccccc3)c3ccccc3)nc3ccccc32)cc1. The van der Waals surface area contributed by atoms with Gasteiger partial charge < -0.3 is 9.30 Å². The van der Waals surface area contributed by atoms with E-state index < -0.39 is 0 Å². The first kappa shape index (κ1) is 22.9. The van der Waals surface area contributed by atoms with Crippen molar-refractivity contribution in [1.29, 1.82) is 0 Å². The summed E-state index contributed by atoms with van der Waals surface area (Å²) >= 11 is 0. The Kier molecular flexibility index (Phi) is 6.94. The number of nitrogens with zero attached hydrogens (tertiary/aromatic N) is 2. The lowest BCUT2D eigenvalue weighted by Gasteiger charge is -2.20. The number of ether oxygens (including phenoxy) is 1. The van der Waals surface area contributed by atoms with Crippen molar-refractivity contribution in [1.82, 2.24) is 9.55 Å². The number of rotatable bonds is 9. The van der Waals surface area contributed by atoms with Crippen molar-refractivity contribution in [3.8, 4) is 5.75 Å². The maximum atomic E-state index is 6.19. The molecule has 0 spiro atoms. The molecule has 0 N–H and O–H groups in total. The number of hydrogen-bond acceptors (Lipinski definition) is 2. The molecule has 1 heterocycles. The van der Waals surface area contributed by atoms with E-state index >= 15 is 0 Å². The van der Waals surface area contributed by atoms with Crippen LogP contribution in [0.4, 0.5) is 0 Å². The van der Waals surface area contributed by atoms with E-state index in [1.807, 2.05) is 0 Å². The predicted molar refractivity (Wildman–Crippen MR) is 144 cm³/mol. The number of imidazole rings is 1. The molecule has 5 aromatic rings. The molecule has 3 nitrogen and oxygen atoms in total. The molecule has 0 bridgehead atoms. The summed E-state index contributed by atoms with van der Waals surface area (Å²) in [5.41, 5.74) is 5.97. The monoisotopic (exact) mass is 460 g/mol. The lowest BCUT2D eigenvalue weighted by molar-refractivity contribution is 0.298. The molecule has 0 fully saturated rings. The van der Waals surface area contributed by atoms with E-state index in [0.29, 0.717) is 12.5 Å². The third-order valence-corrected chi connectivity index (χ3v) is 6.85. The molecule has 0 saturated heterocycles. The van der Waals surface area contributed by atoms with Gasteiger partial charge in [-0.2, -0.15) is 0 Å². The average molecular weight is 461 g/mol. The zero-order chi connectivity index (χ0) is 24.0. The molecule has 1 atom stereocenters. The Hall–Kier alpha value is -3.85. The number of fused-ring (bicyclic) bond motifs is 1. The maximum Gasteiger partial charge on any atom is 0.122 e. The second kappa shape index (κ2) is 10.6. The highest BCUT2D eigenvalue weighted by Crippen LogP contribution is 2.33. The zero-order valence-electron chi connectivity index (χ0n) is 20.5. The van der Waals surface area contributed by atoms with Crippen molar-refractivity contribution >= 4 is 11.0 Å². The van der Waals surface area contributed by atoms with E-state index in [2.05, 4.69) is 128 Å². The van der Waals surface area contributed by atoms with Crippen LogP contribution in [0.25, 0.3) is 11.0 Å². The minimum atomic E-state index is 0.0413. The van der Waals surface area contributed by atoms with Gasteiger partial charge in [0.15, 0.2) is 0 Å². The van der Waals surface area contributed by atoms with Gasteiger partial charge in [-0.25, -0.2) is 4.98 Å². The van der Waals surface area contributed by atoms with E-state index in [0.717, 1.165) is 35.6 Å². The van der Waals surface area contributed by atoms with Crippen LogP contribution < -0.4 is 4.74 Å². The third-order valence-electron chi connectivity index (χ3n) is 6.85. The van der Waals surface area contributed by atoms with Crippen LogP contribution in [0, 0.1) is 0 Å². The van der Waals surface area contributed by atoms with E-state index in [4.69, 9.17) is 9.72 Å². The summed E-state index contributed by atoms with van der Waals surface area (Å²) in [5, 5.41) is 0. The van der Waals surface area contributed by atoms with Gasteiger partial charge >= 0.3 is 0 Å². The molecule has 0 amide bonds. The summed E-state index contributed by atoms with van der Waals surface area (Å²) in [5.74, 6) is 2.56. The van der Waals surface area contributed by atoms with Gasteiger partial charge in [-0.15, -0.1) is 0 Å². The predicted octanol–water partition coefficient (Wildman–Crippen LogP) is 7.81. The van der Waals surface area contributed by atoms with E-state index in [9.17, 15) is 0 Å². The second-order valence-electron chi connectivity index (χ2n) is 9.09. The number of benzene rings is 4. The second-order valence-corrected chi connectivity index (χ2v) is 9.09. The Bertz CT molecular complexity index is 1320. The van der Waals surface area contributed by atoms with E-state index in [1.165, 1.54) is 16.7 Å². The molecule has 0 aliphatic carbocycles. The molecule has 5 rings (SSSR count). The fraction of sp³-hybridized carbons (Fsp3) is 0.219. The molecule has 0 aliphatic heterocycles. The normalized spacial score (nSPS) is 12.2. The van der Waals surface area contributed by atoms with Gasteiger partial charge in [-0.05, 0) is 53.3 Å². The smallest absolute Gasteiger partial charge is 0.122 e. The highest BCUT2D eigenvalue weighted by atomic mass is 16.5. The first-order valence-electron chi connectivity index (χ1n) is 12.5. The van der Waals surface area contributed by atoms with Crippen LogP contribution in [0.1, 0.15) is 54.6 Å². The lowest BCUT2D eigenvalue weighted by atomic mass is 9.90. The summed E-state index contributed by atoms with van der Waals surface area (Å²) in [6.07, 6.45) is 1.14. The fourth-order valence-corrected chi connectivity index (χ4v) is 4.71. The molecular weight excluding hydrogens is 428 g/mol. The van der Waals surface area contributed by atoms with Crippen LogP contribution in [0.15, 0.2) is 109 Å². The summed E-state index contributed by atoms with van der Waals surface area (Å²) in [4.78, 5) is 5.14. The maximum absolute atomic E-state index is 6.19. The van der Waals surface area contributed by atoms with Gasteiger partial charge in [-0.3, -0.25) is 0 Å². The molecule has 0 radical (unpaired) electrons. The van der Waals surface area contributed by atoms with Crippen LogP contribution in [0.2, 0.25) is 0 Å². The van der Waals surface area contributed by atoms with E-state index in [-0.39, 0.29) is 5.92 Å². The fourth-order valence-electron chi connectivity index (χ4n) is 4.71. The number of para-hydroxylation sites is 2. The molecule has 0 saturated carbocycles. The molecular formula is C32H32N2O. The molecule has 0 aliphatic rings. The van der Waals surface area contributed by atoms with E-state index in [1.54, 1.807) is 0 Å². The Morgan fingerprint density at radius 1 is 0.714 bits per heavy atom. The van der Waals surface area contributed by atoms with Gasteiger partial charge in [0, 0.05) is 0 Å². The van der Waals surface area contributed by atoms with Crippen molar-refractivity contribution in [2.45, 2.75) is 38.6 Å². The molecule has 1 unspecified atom stereocenters. The van der Waals surface area contributed by atoms with Gasteiger partial charge in [-0.1, -0.05) is 98.8 Å². The number of hydrogen-bond donors (Lipinski definition) is 0. The van der Waals surface area contributed by atoms with Gasteiger partial charge in [0.05, 0.1) is 23.5 Å². The Labute approximate surface area is 208 Å². The Morgan fingerprint density at radius 3 is 1.94 bits per heavy atom. The van der Waals surface area contributed by atoms with Crippen LogP contribution in [-0.4, -0.2) is 16.2 Å². The van der Waals surface area contributed by atoms with Gasteiger partial charge in [0.1, 0.15) is 18.2 Å². The average Bonchev–Trinajstić information content (AvgIpc) is 3.28. The molecule has 35 heavy (non-hydrogen) atoms. The summed E-state index contributed by atoms with van der Waals surface area (Å²) in [7, 11) is 0. The quantitative estimate of drug-likeness (QED) is 0.224. The molecule has 3 heteroatoms. The Balaban J connectivity index is 1.47. The minimum Gasteiger partial charge on any atom is -0.492 e. The lowest BCUT2D eigenvalue weighted by Crippen LogP contribution is -2.15. The van der Waals surface area contributed by atoms with Gasteiger partial charge in [0.2, 0.25) is 0 Å². The zero-order valence-corrected chi connectivity index (χ0v) is 20.5. The first-order chi connectivity index (χ1) is 17.2. The highest BCUT2D eigenvalue weighted by molar-refractivity contribution is 5.76. The Morgan fingerprint density at radius 2 is 1.31 bits per heavy atom. The van der Waals surface area contributed by atoms with Gasteiger partial charge in [0.25, 0.3) is 0 Å². The standard InChI is InChI=1S/C32H32N2O/c1-3-24(2)25-18-20-28(21-19-25)35-23-22-34-30-17-11-10-16-29(30)33-32(34)31(26-12-6-4-7-13-26)27-14-8-5-9-15-27/h4-21,24,31H,3,22-23H2,1-2H3. The molecule has 4 aromatic carbocycles. The van der Waals surface area contributed by atoms with Crippen LogP contribution in [0.5, 0.6) is 5.75 Å². The largest absolute Gasteiger partial charge is 0.492 e. The van der Waals surface area contributed by atoms with Crippen LogP contribution in [0.3, 0.4) is 0 Å². The van der Waals surface area contributed by atoms with Crippen molar-refractivity contribution in [2.75, 3.05) is 6.61 Å². The number of aromatic nitrogens is 2. The van der Waals surface area contributed by atoms with Crippen molar-refractivity contribution in [2.24, 2.45) is 0 Å². The topological polar surface area (TPSA) is 27.1 Å². The van der Waals surface area contributed by atoms with Crippen LogP contribution in [-0.2, 0) is 6.54 Å². The van der Waals surface area contributed by atoms with Crippen molar-refractivity contribution in [3.05, 3.63) is 132 Å². The minimum absolute atomic E-state index is 0.0413.